The number of barbiturate groups is 1. The third-order valence-corrected chi connectivity index (χ3v) is 7.10. The number of nitrogens with one attached hydrogen (secondary N) is 1. The van der Waals surface area contributed by atoms with Crippen LogP contribution in [0.5, 0.6) is 11.5 Å². The Balaban J connectivity index is 1.29. The molecule has 2 aliphatic heterocycles. The number of nitrogens with zero attached hydrogens (tertiary/aromatic N) is 2. The smallest absolute Gasteiger partial charge is 0.335 e. The Hall–Kier alpha value is -4.92. The van der Waals surface area contributed by atoms with Crippen LogP contribution in [0.2, 0.25) is 0 Å². The van der Waals surface area contributed by atoms with Crippen molar-refractivity contribution in [1.29, 1.82) is 0 Å². The van der Waals surface area contributed by atoms with Crippen LogP contribution in [0.15, 0.2) is 72.3 Å². The number of anilines is 1. The van der Waals surface area contributed by atoms with Crippen molar-refractivity contribution in [3.8, 4) is 11.5 Å². The number of piperidine rings is 1. The van der Waals surface area contributed by atoms with Crippen molar-refractivity contribution in [2.45, 2.75) is 32.8 Å². The highest BCUT2D eigenvalue weighted by Gasteiger charge is 2.36. The molecule has 9 nitrogen and oxygen atoms in total. The minimum Gasteiger partial charge on any atom is -0.493 e. The van der Waals surface area contributed by atoms with Gasteiger partial charge in [-0.15, -0.1) is 0 Å². The molecule has 0 aromatic heterocycles. The van der Waals surface area contributed by atoms with Crippen LogP contribution < -0.4 is 19.7 Å². The lowest BCUT2D eigenvalue weighted by molar-refractivity contribution is -0.122. The Kier molecular flexibility index (Phi) is 8.14. The van der Waals surface area contributed by atoms with Gasteiger partial charge in [0.05, 0.1) is 12.8 Å². The predicted octanol–water partition coefficient (Wildman–Crippen LogP) is 4.88. The molecule has 2 fully saturated rings. The molecule has 0 unspecified atom stereocenters. The van der Waals surface area contributed by atoms with E-state index >= 15 is 0 Å². The van der Waals surface area contributed by atoms with Gasteiger partial charge in [0, 0.05) is 18.7 Å². The molecule has 0 radical (unpaired) electrons. The molecule has 210 valence electrons. The number of hydrogen-bond acceptors (Lipinski definition) is 6. The summed E-state index contributed by atoms with van der Waals surface area (Å²) in [6.45, 7) is 3.71. The fourth-order valence-corrected chi connectivity index (χ4v) is 4.90. The molecule has 3 aromatic carbocycles. The van der Waals surface area contributed by atoms with E-state index in [9.17, 15) is 19.2 Å². The zero-order chi connectivity index (χ0) is 28.9. The van der Waals surface area contributed by atoms with E-state index in [-0.39, 0.29) is 18.1 Å². The number of benzene rings is 3. The summed E-state index contributed by atoms with van der Waals surface area (Å²) < 4.78 is 11.5. The highest BCUT2D eigenvalue weighted by Crippen LogP contribution is 2.31. The summed E-state index contributed by atoms with van der Waals surface area (Å²) >= 11 is 0. The summed E-state index contributed by atoms with van der Waals surface area (Å²) in [5.74, 6) is -0.554. The van der Waals surface area contributed by atoms with Crippen molar-refractivity contribution >= 4 is 35.5 Å². The maximum atomic E-state index is 13.2. The van der Waals surface area contributed by atoms with Gasteiger partial charge in [-0.05, 0) is 85.4 Å². The van der Waals surface area contributed by atoms with Crippen molar-refractivity contribution < 1.29 is 28.7 Å². The number of ether oxygens (including phenoxy) is 2. The van der Waals surface area contributed by atoms with Gasteiger partial charge in [-0.1, -0.05) is 30.3 Å². The third kappa shape index (κ3) is 6.14. The van der Waals surface area contributed by atoms with Crippen LogP contribution in [0.1, 0.15) is 46.3 Å². The fraction of sp³-hybridized carbons (Fsp3) is 0.250. The maximum absolute atomic E-state index is 13.2. The third-order valence-electron chi connectivity index (χ3n) is 7.10. The zero-order valence-corrected chi connectivity index (χ0v) is 23.0. The van der Waals surface area contributed by atoms with E-state index in [1.807, 2.05) is 42.2 Å². The van der Waals surface area contributed by atoms with Crippen molar-refractivity contribution in [3.63, 3.8) is 0 Å². The number of methoxy groups -OCH3 is 1. The summed E-state index contributed by atoms with van der Waals surface area (Å²) in [6, 6.07) is 18.5. The molecule has 5 amide bonds. The number of hydrogen-bond donors (Lipinski definition) is 1. The molecule has 0 spiro atoms. The number of likely N-dealkylation sites (tertiary alicyclic amines) is 1. The summed E-state index contributed by atoms with van der Waals surface area (Å²) in [5.41, 5.74) is 3.13. The average Bonchev–Trinajstić information content (AvgIpc) is 2.98. The van der Waals surface area contributed by atoms with Crippen LogP contribution in [-0.4, -0.2) is 48.9 Å². The van der Waals surface area contributed by atoms with Crippen LogP contribution in [0.25, 0.3) is 6.08 Å². The summed E-state index contributed by atoms with van der Waals surface area (Å²) in [4.78, 5) is 53.8. The van der Waals surface area contributed by atoms with E-state index in [2.05, 4.69) is 5.32 Å². The van der Waals surface area contributed by atoms with Crippen molar-refractivity contribution in [1.82, 2.24) is 10.2 Å². The molecule has 5 rings (SSSR count). The van der Waals surface area contributed by atoms with Crippen LogP contribution in [-0.2, 0) is 16.2 Å². The van der Waals surface area contributed by atoms with Crippen LogP contribution in [0.4, 0.5) is 10.5 Å². The highest BCUT2D eigenvalue weighted by atomic mass is 16.5. The molecule has 2 heterocycles. The van der Waals surface area contributed by atoms with Crippen LogP contribution in [0.3, 0.4) is 0 Å². The number of imide groups is 2. The summed E-state index contributed by atoms with van der Waals surface area (Å²) in [6.07, 6.45) is 4.68. The van der Waals surface area contributed by atoms with Gasteiger partial charge in [-0.25, -0.2) is 9.69 Å². The first kappa shape index (κ1) is 27.6. The molecular formula is C32H31N3O6. The molecule has 2 aliphatic rings. The normalized spacial score (nSPS) is 16.5. The second kappa shape index (κ2) is 12.1. The minimum absolute atomic E-state index is 0.0556. The zero-order valence-electron chi connectivity index (χ0n) is 23.0. The lowest BCUT2D eigenvalue weighted by Crippen LogP contribution is -2.54. The van der Waals surface area contributed by atoms with Crippen LogP contribution in [0, 0.1) is 6.92 Å². The number of aryl methyl sites for hydroxylation is 1. The number of carbonyl (C=O) groups excluding carboxylic acids is 4. The average molecular weight is 554 g/mol. The largest absolute Gasteiger partial charge is 0.493 e. The van der Waals surface area contributed by atoms with Gasteiger partial charge in [0.2, 0.25) is 0 Å². The number of amides is 5. The Labute approximate surface area is 238 Å². The van der Waals surface area contributed by atoms with Gasteiger partial charge in [0.25, 0.3) is 17.7 Å². The lowest BCUT2D eigenvalue weighted by atomic mass is 10.1. The van der Waals surface area contributed by atoms with E-state index < -0.39 is 17.8 Å². The van der Waals surface area contributed by atoms with Crippen LogP contribution >= 0.6 is 0 Å². The molecular weight excluding hydrogens is 522 g/mol. The second-order valence-corrected chi connectivity index (χ2v) is 10.0. The monoisotopic (exact) mass is 553 g/mol. The topological polar surface area (TPSA) is 105 Å². The first-order valence-corrected chi connectivity index (χ1v) is 13.5. The molecule has 0 aliphatic carbocycles. The molecule has 0 bridgehead atoms. The molecule has 3 aromatic rings. The molecule has 1 N–H and O–H groups in total. The molecule has 9 heteroatoms. The first-order chi connectivity index (χ1) is 19.8. The van der Waals surface area contributed by atoms with Gasteiger partial charge in [0.15, 0.2) is 11.5 Å². The Morgan fingerprint density at radius 1 is 0.927 bits per heavy atom. The van der Waals surface area contributed by atoms with Crippen molar-refractivity contribution in [2.24, 2.45) is 0 Å². The van der Waals surface area contributed by atoms with Gasteiger partial charge in [-0.3, -0.25) is 19.7 Å². The van der Waals surface area contributed by atoms with Gasteiger partial charge in [-0.2, -0.15) is 0 Å². The van der Waals surface area contributed by atoms with Crippen molar-refractivity contribution in [3.05, 3.63) is 94.6 Å². The van der Waals surface area contributed by atoms with Gasteiger partial charge < -0.3 is 14.4 Å². The molecule has 41 heavy (non-hydrogen) atoms. The Morgan fingerprint density at radius 3 is 2.39 bits per heavy atom. The standard InChI is InChI=1S/C32H31N3O6/c1-21-7-6-8-25(17-21)35-31(38)26(29(36)33-32(35)39)18-23-11-14-27(28(19-23)40-2)41-20-22-9-12-24(13-10-22)30(37)34-15-4-3-5-16-34/h6-14,17-19H,3-5,15-16,20H2,1-2H3,(H,33,36,39)/b26-18+. The van der Waals surface area contributed by atoms with E-state index in [0.29, 0.717) is 28.3 Å². The SMILES string of the molecule is COc1cc(/C=C2\C(=O)NC(=O)N(c3cccc(C)c3)C2=O)ccc1OCc1ccc(C(=O)N2CCCCC2)cc1. The Morgan fingerprint density at radius 2 is 1.68 bits per heavy atom. The van der Waals surface area contributed by atoms with Gasteiger partial charge in [0.1, 0.15) is 12.2 Å². The van der Waals surface area contributed by atoms with Gasteiger partial charge >= 0.3 is 6.03 Å². The van der Waals surface area contributed by atoms with E-state index in [4.69, 9.17) is 9.47 Å². The Bertz CT molecular complexity index is 1520. The van der Waals surface area contributed by atoms with E-state index in [0.717, 1.165) is 42.0 Å². The fourth-order valence-electron chi connectivity index (χ4n) is 4.90. The number of urea groups is 1. The van der Waals surface area contributed by atoms with Crippen molar-refractivity contribution in [2.75, 3.05) is 25.1 Å². The minimum atomic E-state index is -0.798. The van der Waals surface area contributed by atoms with E-state index in [1.54, 1.807) is 36.4 Å². The van der Waals surface area contributed by atoms with E-state index in [1.165, 1.54) is 19.6 Å². The molecule has 0 saturated carbocycles. The summed E-state index contributed by atoms with van der Waals surface area (Å²) in [5, 5.41) is 2.24. The molecule has 0 atom stereocenters. The predicted molar refractivity (Wildman–Crippen MR) is 154 cm³/mol. The number of rotatable bonds is 7. The second-order valence-electron chi connectivity index (χ2n) is 10.0. The number of carbonyl (C=O) groups is 4. The highest BCUT2D eigenvalue weighted by molar-refractivity contribution is 6.39. The molecule has 2 saturated heterocycles. The lowest BCUT2D eigenvalue weighted by Gasteiger charge is -2.26. The quantitative estimate of drug-likeness (QED) is 0.331. The maximum Gasteiger partial charge on any atom is 0.335 e. The summed E-state index contributed by atoms with van der Waals surface area (Å²) in [7, 11) is 1.50. The first-order valence-electron chi connectivity index (χ1n) is 13.5.